The van der Waals surface area contributed by atoms with Crippen molar-refractivity contribution in [1.82, 2.24) is 5.32 Å². The third-order valence-corrected chi connectivity index (χ3v) is 5.17. The lowest BCUT2D eigenvalue weighted by Crippen LogP contribution is -2.45. The number of carbonyl (C=O) groups is 2. The molecule has 1 heterocycles. The van der Waals surface area contributed by atoms with Gasteiger partial charge in [-0.05, 0) is 25.5 Å². The number of methoxy groups -OCH3 is 4. The van der Waals surface area contributed by atoms with Gasteiger partial charge in [0.25, 0.3) is 0 Å². The van der Waals surface area contributed by atoms with Crippen molar-refractivity contribution in [3.63, 3.8) is 0 Å². The first kappa shape index (κ1) is 21.9. The molecule has 0 amide bonds. The summed E-state index contributed by atoms with van der Waals surface area (Å²) in [7, 11) is 5.44. The number of allylic oxidation sites excluding steroid dienone is 1. The Bertz CT molecular complexity index is 841. The van der Waals surface area contributed by atoms with E-state index in [0.717, 1.165) is 0 Å². The fourth-order valence-electron chi connectivity index (χ4n) is 3.20. The Morgan fingerprint density at radius 1 is 1.00 bits per heavy atom. The van der Waals surface area contributed by atoms with Gasteiger partial charge in [0.05, 0.1) is 37.0 Å². The summed E-state index contributed by atoms with van der Waals surface area (Å²) in [5.74, 6) is -3.38. The van der Waals surface area contributed by atoms with Gasteiger partial charge in [0.15, 0.2) is 0 Å². The lowest BCUT2D eigenvalue weighted by molar-refractivity contribution is -0.169. The number of ether oxygens (including phenoxy) is 4. The molecule has 0 aliphatic carbocycles. The second kappa shape index (κ2) is 8.77. The first-order valence-electron chi connectivity index (χ1n) is 8.49. The standard InChI is InChI=1S/C20H24ClNO6/c1-11-14(18(23)25-3)15(12-9-7-8-10-13(12)21)16(19(24)26-4)17(22-11)20(2,27-5)28-6/h7-10,15,22H,1-6H3. The number of halogens is 1. The minimum Gasteiger partial charge on any atom is -0.466 e. The summed E-state index contributed by atoms with van der Waals surface area (Å²) in [5, 5.41) is 3.46. The second-order valence-corrected chi connectivity index (χ2v) is 6.65. The number of nitrogens with one attached hydrogen (secondary N) is 1. The van der Waals surface area contributed by atoms with E-state index in [-0.39, 0.29) is 11.1 Å². The highest BCUT2D eigenvalue weighted by Crippen LogP contribution is 2.44. The van der Waals surface area contributed by atoms with Gasteiger partial charge in [-0.1, -0.05) is 29.8 Å². The molecular weight excluding hydrogens is 386 g/mol. The van der Waals surface area contributed by atoms with E-state index in [4.69, 9.17) is 30.5 Å². The predicted octanol–water partition coefficient (Wildman–Crippen LogP) is 2.91. The quantitative estimate of drug-likeness (QED) is 0.571. The molecule has 152 valence electrons. The molecular formula is C20H24ClNO6. The molecule has 7 nitrogen and oxygen atoms in total. The molecule has 0 saturated heterocycles. The molecule has 8 heteroatoms. The average Bonchev–Trinajstić information content (AvgIpc) is 2.71. The average molecular weight is 410 g/mol. The number of rotatable bonds is 6. The molecule has 1 aliphatic rings. The zero-order valence-corrected chi connectivity index (χ0v) is 17.5. The maximum atomic E-state index is 12.9. The monoisotopic (exact) mass is 409 g/mol. The van der Waals surface area contributed by atoms with Gasteiger partial charge >= 0.3 is 11.9 Å². The van der Waals surface area contributed by atoms with E-state index in [1.54, 1.807) is 38.1 Å². The first-order valence-corrected chi connectivity index (χ1v) is 8.87. The molecule has 2 rings (SSSR count). The minimum absolute atomic E-state index is 0.146. The summed E-state index contributed by atoms with van der Waals surface area (Å²) in [6.45, 7) is 3.36. The van der Waals surface area contributed by atoms with Crippen LogP contribution in [-0.4, -0.2) is 46.2 Å². The molecule has 0 radical (unpaired) electrons. The van der Waals surface area contributed by atoms with Crippen LogP contribution in [0.3, 0.4) is 0 Å². The smallest absolute Gasteiger partial charge is 0.336 e. The van der Waals surface area contributed by atoms with Gasteiger partial charge in [-0.2, -0.15) is 0 Å². The molecule has 1 aliphatic heterocycles. The molecule has 0 spiro atoms. The van der Waals surface area contributed by atoms with Gasteiger partial charge in [0, 0.05) is 24.9 Å². The summed E-state index contributed by atoms with van der Waals surface area (Å²) < 4.78 is 21.0. The number of benzene rings is 1. The summed E-state index contributed by atoms with van der Waals surface area (Å²) in [5.41, 5.74) is 1.75. The van der Waals surface area contributed by atoms with Crippen LogP contribution in [0, 0.1) is 0 Å². The molecule has 1 unspecified atom stereocenters. The van der Waals surface area contributed by atoms with Crippen LogP contribution < -0.4 is 5.32 Å². The normalized spacial score (nSPS) is 17.3. The fourth-order valence-corrected chi connectivity index (χ4v) is 3.45. The van der Waals surface area contributed by atoms with Gasteiger partial charge in [-0.25, -0.2) is 9.59 Å². The summed E-state index contributed by atoms with van der Waals surface area (Å²) >= 11 is 6.43. The third-order valence-electron chi connectivity index (χ3n) is 4.82. The van der Waals surface area contributed by atoms with Crippen LogP contribution in [0.2, 0.25) is 5.02 Å². The Labute approximate surface area is 169 Å². The largest absolute Gasteiger partial charge is 0.466 e. The van der Waals surface area contributed by atoms with E-state index in [1.165, 1.54) is 28.4 Å². The molecule has 1 N–H and O–H groups in total. The van der Waals surface area contributed by atoms with Gasteiger partial charge in [0.1, 0.15) is 0 Å². The van der Waals surface area contributed by atoms with E-state index < -0.39 is 23.6 Å². The van der Waals surface area contributed by atoms with Crippen LogP contribution in [-0.2, 0) is 28.5 Å². The van der Waals surface area contributed by atoms with Gasteiger partial charge < -0.3 is 24.3 Å². The maximum absolute atomic E-state index is 12.9. The minimum atomic E-state index is -1.30. The van der Waals surface area contributed by atoms with E-state index in [2.05, 4.69) is 5.32 Å². The van der Waals surface area contributed by atoms with Crippen molar-refractivity contribution in [3.8, 4) is 0 Å². The number of carbonyl (C=O) groups excluding carboxylic acids is 2. The number of dihydropyridines is 1. The highest BCUT2D eigenvalue weighted by Gasteiger charge is 2.45. The van der Waals surface area contributed by atoms with E-state index in [9.17, 15) is 9.59 Å². The van der Waals surface area contributed by atoms with Crippen molar-refractivity contribution in [2.75, 3.05) is 28.4 Å². The van der Waals surface area contributed by atoms with Gasteiger partial charge in [-0.15, -0.1) is 0 Å². The summed E-state index contributed by atoms with van der Waals surface area (Å²) in [6.07, 6.45) is 0. The number of esters is 2. The van der Waals surface area contributed by atoms with Crippen molar-refractivity contribution < 1.29 is 28.5 Å². The van der Waals surface area contributed by atoms with Crippen molar-refractivity contribution in [2.24, 2.45) is 0 Å². The van der Waals surface area contributed by atoms with Crippen molar-refractivity contribution in [3.05, 3.63) is 57.4 Å². The van der Waals surface area contributed by atoms with Crippen molar-refractivity contribution in [2.45, 2.75) is 25.6 Å². The van der Waals surface area contributed by atoms with Crippen molar-refractivity contribution >= 4 is 23.5 Å². The Morgan fingerprint density at radius 2 is 1.54 bits per heavy atom. The Balaban J connectivity index is 2.90. The zero-order valence-electron chi connectivity index (χ0n) is 16.7. The van der Waals surface area contributed by atoms with E-state index >= 15 is 0 Å². The molecule has 1 atom stereocenters. The van der Waals surface area contributed by atoms with E-state index in [1.807, 2.05) is 0 Å². The van der Waals surface area contributed by atoms with Gasteiger partial charge in [-0.3, -0.25) is 0 Å². The lowest BCUT2D eigenvalue weighted by atomic mass is 9.79. The molecule has 28 heavy (non-hydrogen) atoms. The van der Waals surface area contributed by atoms with Crippen molar-refractivity contribution in [1.29, 1.82) is 0 Å². The first-order chi connectivity index (χ1) is 13.2. The highest BCUT2D eigenvalue weighted by atomic mass is 35.5. The third kappa shape index (κ3) is 3.78. The van der Waals surface area contributed by atoms with Crippen LogP contribution in [0.1, 0.15) is 25.3 Å². The van der Waals surface area contributed by atoms with Crippen LogP contribution in [0.25, 0.3) is 0 Å². The molecule has 0 bridgehead atoms. The Hall–Kier alpha value is -2.35. The molecule has 1 aromatic carbocycles. The van der Waals surface area contributed by atoms with Crippen LogP contribution in [0.5, 0.6) is 0 Å². The SMILES string of the molecule is COC(=O)C1=C(C)NC(C(C)(OC)OC)=C(C(=O)OC)C1c1ccccc1Cl. The molecule has 1 aromatic rings. The van der Waals surface area contributed by atoms with Gasteiger partial charge in [0.2, 0.25) is 5.79 Å². The topological polar surface area (TPSA) is 83.1 Å². The lowest BCUT2D eigenvalue weighted by Gasteiger charge is -2.38. The summed E-state index contributed by atoms with van der Waals surface area (Å²) in [6, 6.07) is 6.96. The zero-order chi connectivity index (χ0) is 21.1. The Morgan fingerprint density at radius 3 is 2.04 bits per heavy atom. The fraction of sp³-hybridized carbons (Fsp3) is 0.400. The van der Waals surface area contributed by atoms with Crippen LogP contribution >= 0.6 is 11.6 Å². The number of hydrogen-bond acceptors (Lipinski definition) is 7. The number of hydrogen-bond donors (Lipinski definition) is 1. The molecule has 0 fully saturated rings. The predicted molar refractivity (Wildman–Crippen MR) is 104 cm³/mol. The second-order valence-electron chi connectivity index (χ2n) is 6.24. The van der Waals surface area contributed by atoms with Crippen LogP contribution in [0.15, 0.2) is 46.8 Å². The summed E-state index contributed by atoms with van der Waals surface area (Å²) in [4.78, 5) is 25.5. The Kier molecular flexibility index (Phi) is 6.87. The molecule has 0 aromatic heterocycles. The maximum Gasteiger partial charge on any atom is 0.336 e. The highest BCUT2D eigenvalue weighted by molar-refractivity contribution is 6.31. The van der Waals surface area contributed by atoms with Crippen LogP contribution in [0.4, 0.5) is 0 Å². The van der Waals surface area contributed by atoms with E-state index in [0.29, 0.717) is 22.0 Å². The molecule has 0 saturated carbocycles.